The SMILES string of the molecule is O=C(O)[C@@H]1CN(CCS(=O)(=O)c2ccccc2)CC[C@@H]1O. The molecule has 7 heteroatoms. The molecule has 0 aromatic heterocycles. The van der Waals surface area contributed by atoms with Gasteiger partial charge in [0.2, 0.25) is 0 Å². The molecule has 1 aromatic rings. The van der Waals surface area contributed by atoms with E-state index in [0.717, 1.165) is 0 Å². The van der Waals surface area contributed by atoms with Gasteiger partial charge in [-0.3, -0.25) is 4.79 Å². The molecule has 2 N–H and O–H groups in total. The summed E-state index contributed by atoms with van der Waals surface area (Å²) in [5.74, 6) is -1.95. The number of aliphatic carboxylic acids is 1. The summed E-state index contributed by atoms with van der Waals surface area (Å²) < 4.78 is 24.3. The highest BCUT2D eigenvalue weighted by molar-refractivity contribution is 7.91. The Bertz CT molecular complexity index is 587. The monoisotopic (exact) mass is 313 g/mol. The maximum absolute atomic E-state index is 12.2. The highest BCUT2D eigenvalue weighted by Crippen LogP contribution is 2.18. The number of likely N-dealkylation sites (tertiary alicyclic amines) is 1. The lowest BCUT2D eigenvalue weighted by Crippen LogP contribution is -2.47. The Balaban J connectivity index is 1.96. The third-order valence-corrected chi connectivity index (χ3v) is 5.47. The number of piperidine rings is 1. The molecule has 1 fully saturated rings. The molecule has 2 atom stereocenters. The van der Waals surface area contributed by atoms with Gasteiger partial charge in [-0.25, -0.2) is 8.42 Å². The Kier molecular flexibility index (Phi) is 4.97. The molecule has 1 aliphatic heterocycles. The Morgan fingerprint density at radius 3 is 2.57 bits per heavy atom. The van der Waals surface area contributed by atoms with Gasteiger partial charge in [-0.1, -0.05) is 18.2 Å². The molecule has 0 saturated carbocycles. The largest absolute Gasteiger partial charge is 0.481 e. The van der Waals surface area contributed by atoms with Gasteiger partial charge in [0.25, 0.3) is 0 Å². The predicted octanol–water partition coefficient (Wildman–Crippen LogP) is 0.228. The van der Waals surface area contributed by atoms with Crippen LogP contribution in [0.25, 0.3) is 0 Å². The van der Waals surface area contributed by atoms with Crippen LogP contribution in [0.15, 0.2) is 35.2 Å². The van der Waals surface area contributed by atoms with Gasteiger partial charge in [0, 0.05) is 19.6 Å². The molecule has 1 aliphatic rings. The molecular weight excluding hydrogens is 294 g/mol. The van der Waals surface area contributed by atoms with Crippen LogP contribution in [-0.2, 0) is 14.6 Å². The van der Waals surface area contributed by atoms with Crippen molar-refractivity contribution in [1.29, 1.82) is 0 Å². The zero-order valence-corrected chi connectivity index (χ0v) is 12.4. The summed E-state index contributed by atoms with van der Waals surface area (Å²) in [6, 6.07) is 8.20. The first kappa shape index (κ1) is 15.9. The van der Waals surface area contributed by atoms with Gasteiger partial charge in [-0.05, 0) is 18.6 Å². The normalized spacial score (nSPS) is 23.9. The van der Waals surface area contributed by atoms with E-state index < -0.39 is 27.8 Å². The van der Waals surface area contributed by atoms with Gasteiger partial charge in [0.15, 0.2) is 9.84 Å². The standard InChI is InChI=1S/C14H19NO5S/c16-13-6-7-15(10-12(13)14(17)18)8-9-21(19,20)11-4-2-1-3-5-11/h1-5,12-13,16H,6-10H2,(H,17,18)/t12-,13+/m1/s1. The van der Waals surface area contributed by atoms with E-state index in [4.69, 9.17) is 5.11 Å². The number of hydrogen-bond donors (Lipinski definition) is 2. The lowest BCUT2D eigenvalue weighted by molar-refractivity contribution is -0.148. The van der Waals surface area contributed by atoms with Crippen LogP contribution in [-0.4, -0.2) is 61.0 Å². The summed E-state index contributed by atoms with van der Waals surface area (Å²) in [6.07, 6.45) is -0.507. The smallest absolute Gasteiger partial charge is 0.310 e. The number of benzene rings is 1. The minimum atomic E-state index is -3.36. The van der Waals surface area contributed by atoms with Crippen molar-refractivity contribution in [3.05, 3.63) is 30.3 Å². The molecule has 6 nitrogen and oxygen atoms in total. The number of aliphatic hydroxyl groups excluding tert-OH is 1. The lowest BCUT2D eigenvalue weighted by atomic mass is 9.95. The van der Waals surface area contributed by atoms with Gasteiger partial charge < -0.3 is 15.1 Å². The number of rotatable bonds is 5. The van der Waals surface area contributed by atoms with Gasteiger partial charge in [0.05, 0.1) is 22.7 Å². The number of carboxylic acids is 1. The average Bonchev–Trinajstić information content (AvgIpc) is 2.47. The first-order chi connectivity index (χ1) is 9.90. The Morgan fingerprint density at radius 2 is 1.95 bits per heavy atom. The molecule has 116 valence electrons. The molecule has 0 bridgehead atoms. The zero-order chi connectivity index (χ0) is 15.5. The fourth-order valence-corrected chi connectivity index (χ4v) is 3.75. The minimum absolute atomic E-state index is 0.0561. The van der Waals surface area contributed by atoms with Crippen molar-refractivity contribution >= 4 is 15.8 Å². The second-order valence-electron chi connectivity index (χ2n) is 5.23. The van der Waals surface area contributed by atoms with Gasteiger partial charge in [0.1, 0.15) is 0 Å². The average molecular weight is 313 g/mol. The minimum Gasteiger partial charge on any atom is -0.481 e. The molecule has 21 heavy (non-hydrogen) atoms. The van der Waals surface area contributed by atoms with Crippen LogP contribution in [0.2, 0.25) is 0 Å². The molecule has 0 unspecified atom stereocenters. The quantitative estimate of drug-likeness (QED) is 0.808. The zero-order valence-electron chi connectivity index (χ0n) is 11.6. The van der Waals surface area contributed by atoms with Crippen LogP contribution in [0.5, 0.6) is 0 Å². The molecule has 0 amide bonds. The van der Waals surface area contributed by atoms with Gasteiger partial charge in [-0.15, -0.1) is 0 Å². The van der Waals surface area contributed by atoms with E-state index >= 15 is 0 Å². The number of carbonyl (C=O) groups is 1. The molecule has 1 heterocycles. The highest BCUT2D eigenvalue weighted by Gasteiger charge is 2.33. The van der Waals surface area contributed by atoms with E-state index in [9.17, 15) is 18.3 Å². The van der Waals surface area contributed by atoms with E-state index in [1.807, 2.05) is 0 Å². The molecule has 2 rings (SSSR count). The summed E-state index contributed by atoms with van der Waals surface area (Å²) >= 11 is 0. The van der Waals surface area contributed by atoms with E-state index in [0.29, 0.717) is 13.0 Å². The van der Waals surface area contributed by atoms with Crippen molar-refractivity contribution in [1.82, 2.24) is 4.90 Å². The first-order valence-corrected chi connectivity index (χ1v) is 8.46. The van der Waals surface area contributed by atoms with E-state index in [-0.39, 0.29) is 23.7 Å². The number of sulfone groups is 1. The summed E-state index contributed by atoms with van der Waals surface area (Å²) in [4.78, 5) is 13.1. The van der Waals surface area contributed by atoms with Crippen molar-refractivity contribution in [3.63, 3.8) is 0 Å². The van der Waals surface area contributed by atoms with Crippen molar-refractivity contribution in [2.45, 2.75) is 17.4 Å². The molecule has 1 aromatic carbocycles. The first-order valence-electron chi connectivity index (χ1n) is 6.81. The van der Waals surface area contributed by atoms with Crippen LogP contribution in [0, 0.1) is 5.92 Å². The Morgan fingerprint density at radius 1 is 1.29 bits per heavy atom. The highest BCUT2D eigenvalue weighted by atomic mass is 32.2. The van der Waals surface area contributed by atoms with Crippen LogP contribution in [0.4, 0.5) is 0 Å². The fourth-order valence-electron chi connectivity index (χ4n) is 2.45. The van der Waals surface area contributed by atoms with Gasteiger partial charge in [-0.2, -0.15) is 0 Å². The van der Waals surface area contributed by atoms with Crippen LogP contribution in [0.1, 0.15) is 6.42 Å². The predicted molar refractivity (Wildman–Crippen MR) is 76.7 cm³/mol. The fraction of sp³-hybridized carbons (Fsp3) is 0.500. The topological polar surface area (TPSA) is 94.9 Å². The number of hydrogen-bond acceptors (Lipinski definition) is 5. The van der Waals surface area contributed by atoms with E-state index in [1.54, 1.807) is 35.2 Å². The summed E-state index contributed by atoms with van der Waals surface area (Å²) in [6.45, 7) is 0.962. The van der Waals surface area contributed by atoms with Crippen LogP contribution < -0.4 is 0 Å². The summed E-state index contributed by atoms with van der Waals surface area (Å²) in [5.41, 5.74) is 0. The Labute approximate surface area is 123 Å². The molecule has 0 radical (unpaired) electrons. The molecular formula is C14H19NO5S. The molecule has 0 spiro atoms. The van der Waals surface area contributed by atoms with Crippen LogP contribution in [0.3, 0.4) is 0 Å². The van der Waals surface area contributed by atoms with E-state index in [2.05, 4.69) is 0 Å². The third-order valence-electron chi connectivity index (χ3n) is 3.76. The number of carboxylic acid groups (broad SMARTS) is 1. The maximum Gasteiger partial charge on any atom is 0.310 e. The van der Waals surface area contributed by atoms with Crippen molar-refractivity contribution in [2.75, 3.05) is 25.4 Å². The molecule has 0 aliphatic carbocycles. The van der Waals surface area contributed by atoms with Crippen molar-refractivity contribution in [2.24, 2.45) is 5.92 Å². The van der Waals surface area contributed by atoms with Crippen LogP contribution >= 0.6 is 0 Å². The number of nitrogens with zero attached hydrogens (tertiary/aromatic N) is 1. The summed E-state index contributed by atoms with van der Waals surface area (Å²) in [7, 11) is -3.36. The second kappa shape index (κ2) is 6.55. The third kappa shape index (κ3) is 4.03. The van der Waals surface area contributed by atoms with Crippen molar-refractivity contribution < 1.29 is 23.4 Å². The van der Waals surface area contributed by atoms with Gasteiger partial charge >= 0.3 is 5.97 Å². The lowest BCUT2D eigenvalue weighted by Gasteiger charge is -2.33. The van der Waals surface area contributed by atoms with Crippen molar-refractivity contribution in [3.8, 4) is 0 Å². The molecule has 1 saturated heterocycles. The Hall–Kier alpha value is -1.44. The summed E-state index contributed by atoms with van der Waals surface area (Å²) in [5, 5.41) is 18.7. The number of aliphatic hydroxyl groups is 1. The maximum atomic E-state index is 12.2. The second-order valence-corrected chi connectivity index (χ2v) is 7.34. The van der Waals surface area contributed by atoms with E-state index in [1.165, 1.54) is 0 Å².